The van der Waals surface area contributed by atoms with Crippen molar-refractivity contribution in [1.29, 1.82) is 0 Å². The fraction of sp³-hybridized carbons (Fsp3) is 0.188. The van der Waals surface area contributed by atoms with Gasteiger partial charge in [-0.2, -0.15) is 5.06 Å². The van der Waals surface area contributed by atoms with Gasteiger partial charge < -0.3 is 5.73 Å². The predicted molar refractivity (Wildman–Crippen MR) is 88.1 cm³/mol. The number of urea groups is 1. The predicted octanol–water partition coefficient (Wildman–Crippen LogP) is 3.31. The number of hydrogen-bond acceptors (Lipinski definition) is 3. The van der Waals surface area contributed by atoms with Crippen molar-refractivity contribution >= 4 is 29.0 Å². The van der Waals surface area contributed by atoms with Crippen LogP contribution in [-0.4, -0.2) is 22.8 Å². The number of hydroxylamine groups is 2. The second-order valence-corrected chi connectivity index (χ2v) is 6.29. The van der Waals surface area contributed by atoms with Crippen LogP contribution in [0.3, 0.4) is 0 Å². The van der Waals surface area contributed by atoms with Gasteiger partial charge in [-0.3, -0.25) is 5.21 Å². The number of nitrogens with two attached hydrogens (primary N) is 1. The van der Waals surface area contributed by atoms with Gasteiger partial charge >= 0.3 is 6.03 Å². The molecular weight excluding hydrogens is 320 g/mol. The third-order valence-electron chi connectivity index (χ3n) is 2.88. The molecule has 22 heavy (non-hydrogen) atoms. The molecule has 0 atom stereocenters. The maximum atomic E-state index is 10.6. The first kappa shape index (κ1) is 16.4. The topological polar surface area (TPSA) is 66.6 Å². The van der Waals surface area contributed by atoms with Crippen LogP contribution in [0.5, 0.6) is 0 Å². The molecule has 1 heterocycles. The number of carbonyl (C=O) groups excluding carboxylic acids is 1. The molecule has 2 amide bonds. The summed E-state index contributed by atoms with van der Waals surface area (Å²) in [5.41, 5.74) is 6.09. The van der Waals surface area contributed by atoms with Gasteiger partial charge in [0.15, 0.2) is 0 Å². The third kappa shape index (κ3) is 5.08. The number of amides is 2. The SMILES string of the molecule is NC(=O)N(O)CC#CCc1ccc(Cc2ccc(Cl)cc2)s1. The van der Waals surface area contributed by atoms with Crippen LogP contribution in [0, 0.1) is 11.8 Å². The molecule has 3 N–H and O–H groups in total. The Hall–Kier alpha value is -2.00. The molecule has 114 valence electrons. The van der Waals surface area contributed by atoms with Crippen LogP contribution in [0.2, 0.25) is 5.02 Å². The van der Waals surface area contributed by atoms with Crippen LogP contribution < -0.4 is 5.73 Å². The highest BCUT2D eigenvalue weighted by molar-refractivity contribution is 7.12. The van der Waals surface area contributed by atoms with E-state index in [-0.39, 0.29) is 6.54 Å². The Morgan fingerprint density at radius 1 is 1.18 bits per heavy atom. The van der Waals surface area contributed by atoms with Gasteiger partial charge in [-0.15, -0.1) is 11.3 Å². The Morgan fingerprint density at radius 3 is 2.55 bits per heavy atom. The van der Waals surface area contributed by atoms with E-state index in [0.717, 1.165) is 16.3 Å². The van der Waals surface area contributed by atoms with E-state index in [4.69, 9.17) is 22.5 Å². The molecule has 6 heteroatoms. The molecule has 0 saturated heterocycles. The first-order valence-electron chi connectivity index (χ1n) is 6.58. The zero-order valence-corrected chi connectivity index (χ0v) is 13.3. The first-order chi connectivity index (χ1) is 10.5. The van der Waals surface area contributed by atoms with Gasteiger partial charge in [0.25, 0.3) is 0 Å². The minimum absolute atomic E-state index is 0.0850. The average Bonchev–Trinajstić information content (AvgIpc) is 2.93. The van der Waals surface area contributed by atoms with Crippen LogP contribution in [0.25, 0.3) is 0 Å². The van der Waals surface area contributed by atoms with Gasteiger partial charge in [-0.25, -0.2) is 4.79 Å². The molecule has 0 fully saturated rings. The number of primary amides is 1. The maximum absolute atomic E-state index is 10.6. The van der Waals surface area contributed by atoms with Gasteiger partial charge in [0.2, 0.25) is 0 Å². The molecule has 0 spiro atoms. The molecule has 1 aromatic carbocycles. The number of rotatable bonds is 4. The number of nitrogens with zero attached hydrogens (tertiary/aromatic N) is 1. The quantitative estimate of drug-likeness (QED) is 0.512. The summed E-state index contributed by atoms with van der Waals surface area (Å²) < 4.78 is 0. The van der Waals surface area contributed by atoms with Crippen molar-refractivity contribution in [3.05, 3.63) is 56.7 Å². The lowest BCUT2D eigenvalue weighted by Gasteiger charge is -2.05. The summed E-state index contributed by atoms with van der Waals surface area (Å²) in [5.74, 6) is 5.60. The number of thiophene rings is 1. The monoisotopic (exact) mass is 334 g/mol. The summed E-state index contributed by atoms with van der Waals surface area (Å²) >= 11 is 7.56. The van der Waals surface area contributed by atoms with Gasteiger partial charge in [0.1, 0.15) is 6.54 Å². The zero-order chi connectivity index (χ0) is 15.9. The summed E-state index contributed by atoms with van der Waals surface area (Å²) in [7, 11) is 0. The highest BCUT2D eigenvalue weighted by atomic mass is 35.5. The molecule has 0 unspecified atom stereocenters. The van der Waals surface area contributed by atoms with Crippen LogP contribution in [-0.2, 0) is 12.8 Å². The molecule has 0 aliphatic carbocycles. The molecule has 1 aromatic heterocycles. The summed E-state index contributed by atoms with van der Waals surface area (Å²) in [5, 5.41) is 10.2. The minimum Gasteiger partial charge on any atom is -0.350 e. The molecule has 0 saturated carbocycles. The summed E-state index contributed by atoms with van der Waals surface area (Å²) in [4.78, 5) is 13.0. The van der Waals surface area contributed by atoms with E-state index in [9.17, 15) is 4.79 Å². The lowest BCUT2D eigenvalue weighted by molar-refractivity contribution is -0.0269. The molecule has 0 aliphatic heterocycles. The van der Waals surface area contributed by atoms with Gasteiger partial charge in [-0.1, -0.05) is 35.6 Å². The Morgan fingerprint density at radius 2 is 1.86 bits per heavy atom. The van der Waals surface area contributed by atoms with Gasteiger partial charge in [0.05, 0.1) is 0 Å². The van der Waals surface area contributed by atoms with Crippen molar-refractivity contribution in [3.63, 3.8) is 0 Å². The fourth-order valence-corrected chi connectivity index (χ4v) is 2.89. The number of hydrogen-bond donors (Lipinski definition) is 2. The lowest BCUT2D eigenvalue weighted by atomic mass is 10.1. The van der Waals surface area contributed by atoms with Crippen molar-refractivity contribution in [2.24, 2.45) is 5.73 Å². The Balaban J connectivity index is 1.88. The molecule has 0 bridgehead atoms. The number of benzene rings is 1. The highest BCUT2D eigenvalue weighted by Crippen LogP contribution is 2.21. The van der Waals surface area contributed by atoms with E-state index in [1.165, 1.54) is 10.4 Å². The number of carbonyl (C=O) groups is 1. The third-order valence-corrected chi connectivity index (χ3v) is 4.22. The van der Waals surface area contributed by atoms with Crippen LogP contribution in [0.1, 0.15) is 15.3 Å². The second kappa shape index (κ2) is 7.85. The molecule has 4 nitrogen and oxygen atoms in total. The van der Waals surface area contributed by atoms with Crippen molar-refractivity contribution < 1.29 is 10.0 Å². The lowest BCUT2D eigenvalue weighted by Crippen LogP contribution is -2.32. The molecular formula is C16H15ClN2O2S. The first-order valence-corrected chi connectivity index (χ1v) is 7.77. The van der Waals surface area contributed by atoms with Crippen molar-refractivity contribution in [2.75, 3.05) is 6.54 Å². The Labute approximate surface area is 138 Å². The van der Waals surface area contributed by atoms with E-state index in [0.29, 0.717) is 11.5 Å². The fourth-order valence-electron chi connectivity index (χ4n) is 1.77. The zero-order valence-electron chi connectivity index (χ0n) is 11.8. The van der Waals surface area contributed by atoms with E-state index in [1.807, 2.05) is 30.3 Å². The van der Waals surface area contributed by atoms with E-state index >= 15 is 0 Å². The van der Waals surface area contributed by atoms with Gasteiger partial charge in [0, 0.05) is 27.6 Å². The average molecular weight is 335 g/mol. The van der Waals surface area contributed by atoms with E-state index in [2.05, 4.69) is 17.9 Å². The number of halogens is 1. The normalized spacial score (nSPS) is 9.91. The van der Waals surface area contributed by atoms with Crippen LogP contribution in [0.15, 0.2) is 36.4 Å². The van der Waals surface area contributed by atoms with E-state index < -0.39 is 6.03 Å². The van der Waals surface area contributed by atoms with Crippen LogP contribution in [0.4, 0.5) is 4.79 Å². The maximum Gasteiger partial charge on any atom is 0.339 e. The Kier molecular flexibility index (Phi) is 5.84. The van der Waals surface area contributed by atoms with Crippen LogP contribution >= 0.6 is 22.9 Å². The van der Waals surface area contributed by atoms with Crippen molar-refractivity contribution in [1.82, 2.24) is 5.06 Å². The minimum atomic E-state index is -0.907. The molecule has 0 aliphatic rings. The van der Waals surface area contributed by atoms with Gasteiger partial charge in [-0.05, 0) is 29.8 Å². The standard InChI is InChI=1S/C16H15ClN2O2S/c17-13-6-4-12(5-7-13)11-15-9-8-14(22-15)3-1-2-10-19(21)16(18)20/h4-9,21H,3,10-11H2,(H2,18,20). The van der Waals surface area contributed by atoms with Crippen molar-refractivity contribution in [2.45, 2.75) is 12.8 Å². The summed E-state index contributed by atoms with van der Waals surface area (Å²) in [6, 6.07) is 11.0. The molecule has 2 rings (SSSR count). The molecule has 2 aromatic rings. The largest absolute Gasteiger partial charge is 0.350 e. The smallest absolute Gasteiger partial charge is 0.339 e. The highest BCUT2D eigenvalue weighted by Gasteiger charge is 2.02. The Bertz CT molecular complexity index is 701. The van der Waals surface area contributed by atoms with E-state index in [1.54, 1.807) is 11.3 Å². The molecule has 0 radical (unpaired) electrons. The van der Waals surface area contributed by atoms with Crippen molar-refractivity contribution in [3.8, 4) is 11.8 Å². The summed E-state index contributed by atoms with van der Waals surface area (Å²) in [6.07, 6.45) is 1.44. The second-order valence-electron chi connectivity index (χ2n) is 4.60. The summed E-state index contributed by atoms with van der Waals surface area (Å²) in [6.45, 7) is -0.0850.